The Morgan fingerprint density at radius 3 is 3.05 bits per heavy atom. The molecule has 3 rings (SSSR count). The summed E-state index contributed by atoms with van der Waals surface area (Å²) in [5.74, 6) is 5.19. The summed E-state index contributed by atoms with van der Waals surface area (Å²) in [5, 5.41) is 14.2. The molecule has 1 aromatic carbocycles. The predicted molar refractivity (Wildman–Crippen MR) is 84.0 cm³/mol. The van der Waals surface area contributed by atoms with E-state index in [4.69, 9.17) is 9.47 Å². The number of rotatable bonds is 5. The van der Waals surface area contributed by atoms with Gasteiger partial charge < -0.3 is 19.9 Å². The second-order valence-corrected chi connectivity index (χ2v) is 7.41. The van der Waals surface area contributed by atoms with E-state index in [0.717, 1.165) is 23.6 Å². The lowest BCUT2D eigenvalue weighted by molar-refractivity contribution is 0.170. The fourth-order valence-corrected chi connectivity index (χ4v) is 4.92. The van der Waals surface area contributed by atoms with Gasteiger partial charge >= 0.3 is 0 Å². The molecule has 4 nitrogen and oxygen atoms in total. The van der Waals surface area contributed by atoms with Crippen LogP contribution in [0.25, 0.3) is 0 Å². The van der Waals surface area contributed by atoms with E-state index in [0.29, 0.717) is 11.8 Å². The SMILES string of the molecule is OC(CNCC1CSCCS1)c1ccc2c(c1)OCO2. The Bertz CT molecular complexity index is 452. The van der Waals surface area contributed by atoms with Crippen molar-refractivity contribution in [2.24, 2.45) is 0 Å². The maximum absolute atomic E-state index is 10.2. The number of aliphatic hydroxyl groups excluding tert-OH is 1. The number of hydrogen-bond acceptors (Lipinski definition) is 6. The maximum Gasteiger partial charge on any atom is 0.231 e. The van der Waals surface area contributed by atoms with Gasteiger partial charge in [0.25, 0.3) is 0 Å². The lowest BCUT2D eigenvalue weighted by Crippen LogP contribution is -2.31. The van der Waals surface area contributed by atoms with Crippen molar-refractivity contribution in [3.8, 4) is 11.5 Å². The summed E-state index contributed by atoms with van der Waals surface area (Å²) in [7, 11) is 0. The second-order valence-electron chi connectivity index (χ2n) is 4.85. The van der Waals surface area contributed by atoms with Gasteiger partial charge in [0, 0.05) is 35.6 Å². The molecule has 2 aliphatic heterocycles. The zero-order valence-electron chi connectivity index (χ0n) is 11.2. The molecule has 110 valence electrons. The predicted octanol–water partition coefficient (Wildman–Crippen LogP) is 1.89. The van der Waals surface area contributed by atoms with Gasteiger partial charge in [-0.25, -0.2) is 0 Å². The van der Waals surface area contributed by atoms with E-state index in [-0.39, 0.29) is 6.79 Å². The van der Waals surface area contributed by atoms with Crippen molar-refractivity contribution in [1.29, 1.82) is 0 Å². The Hall–Kier alpha value is -0.560. The van der Waals surface area contributed by atoms with Crippen molar-refractivity contribution < 1.29 is 14.6 Å². The standard InChI is InChI=1S/C14H19NO3S2/c16-12(7-15-6-11-8-19-3-4-20-11)10-1-2-13-14(5-10)18-9-17-13/h1-2,5,11-12,15-16H,3-4,6-9H2. The number of nitrogens with one attached hydrogen (secondary N) is 1. The third-order valence-electron chi connectivity index (χ3n) is 3.38. The van der Waals surface area contributed by atoms with Crippen molar-refractivity contribution in [2.45, 2.75) is 11.4 Å². The molecule has 1 aromatic rings. The first-order valence-electron chi connectivity index (χ1n) is 6.80. The Kier molecular flexibility index (Phi) is 4.99. The van der Waals surface area contributed by atoms with Gasteiger partial charge in [-0.2, -0.15) is 23.5 Å². The van der Waals surface area contributed by atoms with Gasteiger partial charge in [0.1, 0.15) is 0 Å². The van der Waals surface area contributed by atoms with Crippen molar-refractivity contribution in [1.82, 2.24) is 5.32 Å². The smallest absolute Gasteiger partial charge is 0.231 e. The maximum atomic E-state index is 10.2. The summed E-state index contributed by atoms with van der Waals surface area (Å²) in [6, 6.07) is 5.61. The molecule has 0 aliphatic carbocycles. The van der Waals surface area contributed by atoms with E-state index in [1.807, 2.05) is 41.7 Å². The van der Waals surface area contributed by atoms with Crippen LogP contribution in [0.4, 0.5) is 0 Å². The average molecular weight is 313 g/mol. The average Bonchev–Trinajstić information content (AvgIpc) is 2.95. The topological polar surface area (TPSA) is 50.7 Å². The summed E-state index contributed by atoms with van der Waals surface area (Å²) in [6.45, 7) is 1.80. The summed E-state index contributed by atoms with van der Waals surface area (Å²) < 4.78 is 10.6. The number of ether oxygens (including phenoxy) is 2. The Labute approximate surface area is 127 Å². The molecule has 1 fully saturated rings. The molecule has 2 atom stereocenters. The van der Waals surface area contributed by atoms with E-state index >= 15 is 0 Å². The van der Waals surface area contributed by atoms with E-state index < -0.39 is 6.10 Å². The third kappa shape index (κ3) is 3.55. The van der Waals surface area contributed by atoms with Crippen LogP contribution in [0.1, 0.15) is 11.7 Å². The highest BCUT2D eigenvalue weighted by molar-refractivity contribution is 8.06. The molecule has 2 unspecified atom stereocenters. The molecule has 2 aliphatic rings. The molecule has 20 heavy (non-hydrogen) atoms. The molecule has 6 heteroatoms. The number of thioether (sulfide) groups is 2. The summed E-state index contributed by atoms with van der Waals surface area (Å²) in [4.78, 5) is 0. The Morgan fingerprint density at radius 1 is 1.30 bits per heavy atom. The lowest BCUT2D eigenvalue weighted by atomic mass is 10.1. The van der Waals surface area contributed by atoms with Crippen molar-refractivity contribution in [2.75, 3.05) is 37.1 Å². The van der Waals surface area contributed by atoms with Crippen LogP contribution in [-0.2, 0) is 0 Å². The van der Waals surface area contributed by atoms with Crippen LogP contribution < -0.4 is 14.8 Å². The fourth-order valence-electron chi connectivity index (χ4n) is 2.27. The van der Waals surface area contributed by atoms with Gasteiger partial charge in [-0.05, 0) is 17.7 Å². The van der Waals surface area contributed by atoms with Gasteiger partial charge in [-0.3, -0.25) is 0 Å². The Morgan fingerprint density at radius 2 is 2.20 bits per heavy atom. The van der Waals surface area contributed by atoms with Crippen LogP contribution in [-0.4, -0.2) is 47.5 Å². The van der Waals surface area contributed by atoms with Gasteiger partial charge in [0.15, 0.2) is 11.5 Å². The molecule has 0 spiro atoms. The van der Waals surface area contributed by atoms with Crippen LogP contribution in [0, 0.1) is 0 Å². The lowest BCUT2D eigenvalue weighted by Gasteiger charge is -2.22. The highest BCUT2D eigenvalue weighted by Crippen LogP contribution is 2.34. The van der Waals surface area contributed by atoms with E-state index in [2.05, 4.69) is 5.32 Å². The van der Waals surface area contributed by atoms with Gasteiger partial charge in [-0.1, -0.05) is 6.07 Å². The van der Waals surface area contributed by atoms with Gasteiger partial charge in [0.2, 0.25) is 6.79 Å². The van der Waals surface area contributed by atoms with Crippen LogP contribution in [0.3, 0.4) is 0 Å². The van der Waals surface area contributed by atoms with Crippen LogP contribution in [0.5, 0.6) is 11.5 Å². The highest BCUT2D eigenvalue weighted by atomic mass is 32.2. The van der Waals surface area contributed by atoms with Crippen molar-refractivity contribution in [3.63, 3.8) is 0 Å². The number of aliphatic hydroxyl groups is 1. The van der Waals surface area contributed by atoms with Gasteiger partial charge in [-0.15, -0.1) is 0 Å². The highest BCUT2D eigenvalue weighted by Gasteiger charge is 2.17. The molecule has 0 aromatic heterocycles. The third-order valence-corrected chi connectivity index (χ3v) is 6.22. The van der Waals surface area contributed by atoms with Crippen LogP contribution in [0.15, 0.2) is 18.2 Å². The monoisotopic (exact) mass is 313 g/mol. The molecular weight excluding hydrogens is 294 g/mol. The van der Waals surface area contributed by atoms with Gasteiger partial charge in [0.05, 0.1) is 6.10 Å². The zero-order valence-corrected chi connectivity index (χ0v) is 12.8. The van der Waals surface area contributed by atoms with E-state index in [1.54, 1.807) is 0 Å². The Balaban J connectivity index is 1.47. The largest absolute Gasteiger partial charge is 0.454 e. The molecule has 0 radical (unpaired) electrons. The summed E-state index contributed by atoms with van der Waals surface area (Å²) >= 11 is 4.04. The molecular formula is C14H19NO3S2. The normalized spacial score (nSPS) is 22.8. The number of benzene rings is 1. The van der Waals surface area contributed by atoms with E-state index in [1.165, 1.54) is 17.3 Å². The minimum absolute atomic E-state index is 0.268. The van der Waals surface area contributed by atoms with Crippen LogP contribution in [0.2, 0.25) is 0 Å². The van der Waals surface area contributed by atoms with Crippen molar-refractivity contribution >= 4 is 23.5 Å². The molecule has 0 bridgehead atoms. The van der Waals surface area contributed by atoms with E-state index in [9.17, 15) is 5.11 Å². The molecule has 0 amide bonds. The first kappa shape index (κ1) is 14.4. The van der Waals surface area contributed by atoms with Crippen LogP contribution >= 0.6 is 23.5 Å². The second kappa shape index (κ2) is 6.93. The quantitative estimate of drug-likeness (QED) is 0.866. The zero-order chi connectivity index (χ0) is 13.8. The summed E-state index contributed by atoms with van der Waals surface area (Å²) in [6.07, 6.45) is -0.509. The number of hydrogen-bond donors (Lipinski definition) is 2. The number of fused-ring (bicyclic) bond motifs is 1. The fraction of sp³-hybridized carbons (Fsp3) is 0.571. The first-order valence-corrected chi connectivity index (χ1v) is 9.01. The first-order chi connectivity index (χ1) is 9.83. The minimum Gasteiger partial charge on any atom is -0.454 e. The molecule has 1 saturated heterocycles. The minimum atomic E-state index is -0.509. The van der Waals surface area contributed by atoms with Crippen molar-refractivity contribution in [3.05, 3.63) is 23.8 Å². The molecule has 2 heterocycles. The molecule has 2 N–H and O–H groups in total. The molecule has 0 saturated carbocycles. The summed E-state index contributed by atoms with van der Waals surface area (Å²) in [5.41, 5.74) is 0.868.